The molecule has 0 fully saturated rings. The molecule has 0 aliphatic heterocycles. The van der Waals surface area contributed by atoms with Gasteiger partial charge in [-0.3, -0.25) is 14.6 Å². The molecular weight excluding hydrogens is 320 g/mol. The summed E-state index contributed by atoms with van der Waals surface area (Å²) in [6.45, 7) is -0.170. The number of ether oxygens (including phenoxy) is 1. The summed E-state index contributed by atoms with van der Waals surface area (Å²) in [5.41, 5.74) is 3.93. The van der Waals surface area contributed by atoms with Crippen molar-refractivity contribution in [2.75, 3.05) is 13.7 Å². The van der Waals surface area contributed by atoms with Crippen molar-refractivity contribution >= 4 is 24.1 Å². The van der Waals surface area contributed by atoms with Crippen molar-refractivity contribution < 1.29 is 14.3 Å². The predicted octanol–water partition coefficient (Wildman–Crippen LogP) is 1.37. The van der Waals surface area contributed by atoms with E-state index in [2.05, 4.69) is 20.8 Å². The van der Waals surface area contributed by atoms with Crippen LogP contribution in [-0.4, -0.2) is 36.7 Å². The maximum absolute atomic E-state index is 11.7. The monoisotopic (exact) mass is 338 g/mol. The van der Waals surface area contributed by atoms with Gasteiger partial charge < -0.3 is 10.1 Å². The minimum atomic E-state index is -0.425. The second-order valence-electron chi connectivity index (χ2n) is 4.90. The molecule has 25 heavy (non-hydrogen) atoms. The van der Waals surface area contributed by atoms with Gasteiger partial charge in [0, 0.05) is 24.0 Å². The minimum absolute atomic E-state index is 0.170. The van der Waals surface area contributed by atoms with E-state index in [1.165, 1.54) is 12.3 Å². The average Bonchev–Trinajstić information content (AvgIpc) is 2.66. The molecule has 7 heteroatoms. The Morgan fingerprint density at radius 3 is 2.68 bits per heavy atom. The first-order valence-corrected chi connectivity index (χ1v) is 7.49. The van der Waals surface area contributed by atoms with Gasteiger partial charge in [-0.1, -0.05) is 18.2 Å². The van der Waals surface area contributed by atoms with E-state index in [1.807, 2.05) is 12.1 Å². The maximum atomic E-state index is 11.7. The molecule has 0 saturated heterocycles. The average molecular weight is 338 g/mol. The van der Waals surface area contributed by atoms with Gasteiger partial charge in [-0.25, -0.2) is 5.43 Å². The van der Waals surface area contributed by atoms with Gasteiger partial charge in [-0.15, -0.1) is 0 Å². The van der Waals surface area contributed by atoms with Crippen LogP contribution in [0, 0.1) is 0 Å². The normalized spacial score (nSPS) is 10.8. The molecule has 0 aliphatic carbocycles. The molecule has 1 aromatic heterocycles. The van der Waals surface area contributed by atoms with Crippen molar-refractivity contribution in [1.29, 1.82) is 0 Å². The van der Waals surface area contributed by atoms with Crippen LogP contribution in [0.1, 0.15) is 11.1 Å². The van der Waals surface area contributed by atoms with Crippen LogP contribution >= 0.6 is 0 Å². The molecule has 2 rings (SSSR count). The number of amides is 2. The lowest BCUT2D eigenvalue weighted by atomic mass is 10.2. The molecule has 0 radical (unpaired) electrons. The molecule has 2 aromatic rings. The number of methoxy groups -OCH3 is 1. The standard InChI is InChI=1S/C18H18N4O3/c1-25-16-7-4-14(5-8-16)6-9-17(23)20-13-18(24)22-21-12-15-3-2-10-19-11-15/h2-12H,13H2,1H3,(H,20,23)(H,22,24). The van der Waals surface area contributed by atoms with Gasteiger partial charge in [0.15, 0.2) is 0 Å². The lowest BCUT2D eigenvalue weighted by molar-refractivity contribution is -0.123. The SMILES string of the molecule is COc1ccc(C=CC(=O)NCC(=O)NN=Cc2cccnc2)cc1. The second-order valence-corrected chi connectivity index (χ2v) is 4.90. The van der Waals surface area contributed by atoms with Crippen LogP contribution in [-0.2, 0) is 9.59 Å². The topological polar surface area (TPSA) is 92.7 Å². The smallest absolute Gasteiger partial charge is 0.259 e. The largest absolute Gasteiger partial charge is 0.497 e. The molecule has 7 nitrogen and oxygen atoms in total. The zero-order valence-corrected chi connectivity index (χ0v) is 13.7. The van der Waals surface area contributed by atoms with Gasteiger partial charge in [0.25, 0.3) is 5.91 Å². The van der Waals surface area contributed by atoms with Gasteiger partial charge in [0.1, 0.15) is 5.75 Å². The lowest BCUT2D eigenvalue weighted by Gasteiger charge is -2.01. The number of pyridine rings is 1. The number of hydrogen-bond acceptors (Lipinski definition) is 5. The molecule has 1 heterocycles. The zero-order valence-electron chi connectivity index (χ0n) is 13.7. The Hall–Kier alpha value is -3.48. The van der Waals surface area contributed by atoms with Crippen molar-refractivity contribution in [2.45, 2.75) is 0 Å². The van der Waals surface area contributed by atoms with Crippen LogP contribution in [0.5, 0.6) is 5.75 Å². The first-order chi connectivity index (χ1) is 12.2. The second kappa shape index (κ2) is 9.61. The highest BCUT2D eigenvalue weighted by atomic mass is 16.5. The van der Waals surface area contributed by atoms with E-state index in [4.69, 9.17) is 4.74 Å². The first-order valence-electron chi connectivity index (χ1n) is 7.49. The summed E-state index contributed by atoms with van der Waals surface area (Å²) in [7, 11) is 1.59. The molecule has 2 amide bonds. The summed E-state index contributed by atoms with van der Waals surface area (Å²) in [6, 6.07) is 10.8. The van der Waals surface area contributed by atoms with Gasteiger partial charge in [0.2, 0.25) is 5.91 Å². The van der Waals surface area contributed by atoms with Crippen molar-refractivity contribution in [1.82, 2.24) is 15.7 Å². The highest BCUT2D eigenvalue weighted by molar-refractivity contribution is 5.94. The first kappa shape index (κ1) is 17.9. The molecule has 0 saturated carbocycles. The molecule has 0 bridgehead atoms. The fourth-order valence-electron chi connectivity index (χ4n) is 1.78. The third kappa shape index (κ3) is 6.66. The fourth-order valence-corrected chi connectivity index (χ4v) is 1.78. The van der Waals surface area contributed by atoms with E-state index in [-0.39, 0.29) is 12.5 Å². The van der Waals surface area contributed by atoms with E-state index >= 15 is 0 Å². The van der Waals surface area contributed by atoms with E-state index in [9.17, 15) is 9.59 Å². The highest BCUT2D eigenvalue weighted by Crippen LogP contribution is 2.12. The number of aromatic nitrogens is 1. The van der Waals surface area contributed by atoms with Crippen LogP contribution in [0.3, 0.4) is 0 Å². The summed E-state index contributed by atoms with van der Waals surface area (Å²) in [5.74, 6) is -0.0568. The molecule has 0 spiro atoms. The van der Waals surface area contributed by atoms with Crippen molar-refractivity contribution in [3.05, 3.63) is 66.0 Å². The Bertz CT molecular complexity index is 756. The number of nitrogens with one attached hydrogen (secondary N) is 2. The Kier molecular flexibility index (Phi) is 6.87. The summed E-state index contributed by atoms with van der Waals surface area (Å²) in [6.07, 6.45) is 7.73. The number of carbonyl (C=O) groups excluding carboxylic acids is 2. The predicted molar refractivity (Wildman–Crippen MR) is 95.0 cm³/mol. The van der Waals surface area contributed by atoms with Crippen LogP contribution in [0.15, 0.2) is 60.0 Å². The third-order valence-electron chi connectivity index (χ3n) is 3.05. The molecule has 128 valence electrons. The lowest BCUT2D eigenvalue weighted by Crippen LogP contribution is -2.34. The van der Waals surface area contributed by atoms with Crippen LogP contribution < -0.4 is 15.5 Å². The van der Waals surface area contributed by atoms with E-state index in [0.29, 0.717) is 0 Å². The van der Waals surface area contributed by atoms with E-state index in [1.54, 1.807) is 49.8 Å². The molecular formula is C18H18N4O3. The van der Waals surface area contributed by atoms with Gasteiger partial charge in [0.05, 0.1) is 19.9 Å². The molecule has 0 atom stereocenters. The molecule has 2 N–H and O–H groups in total. The van der Waals surface area contributed by atoms with Crippen molar-refractivity contribution in [3.8, 4) is 5.75 Å². The van der Waals surface area contributed by atoms with Gasteiger partial charge in [-0.05, 0) is 29.8 Å². The number of nitrogens with zero attached hydrogens (tertiary/aromatic N) is 2. The van der Waals surface area contributed by atoms with E-state index in [0.717, 1.165) is 16.9 Å². The zero-order chi connectivity index (χ0) is 17.9. The number of rotatable bonds is 7. The van der Waals surface area contributed by atoms with Gasteiger partial charge >= 0.3 is 0 Å². The molecule has 0 aliphatic rings. The molecule has 1 aromatic carbocycles. The fraction of sp³-hybridized carbons (Fsp3) is 0.111. The number of benzene rings is 1. The summed E-state index contributed by atoms with van der Waals surface area (Å²) in [4.78, 5) is 27.2. The van der Waals surface area contributed by atoms with E-state index < -0.39 is 5.91 Å². The number of hydrazone groups is 1. The quantitative estimate of drug-likeness (QED) is 0.453. The summed E-state index contributed by atoms with van der Waals surface area (Å²) >= 11 is 0. The Morgan fingerprint density at radius 2 is 2.00 bits per heavy atom. The van der Waals surface area contributed by atoms with Crippen molar-refractivity contribution in [2.24, 2.45) is 5.10 Å². The molecule has 0 unspecified atom stereocenters. The Morgan fingerprint density at radius 1 is 1.20 bits per heavy atom. The Balaban J connectivity index is 1.72. The van der Waals surface area contributed by atoms with Crippen LogP contribution in [0.4, 0.5) is 0 Å². The highest BCUT2D eigenvalue weighted by Gasteiger charge is 2.01. The summed E-state index contributed by atoms with van der Waals surface area (Å²) < 4.78 is 5.06. The number of carbonyl (C=O) groups is 2. The van der Waals surface area contributed by atoms with Crippen LogP contribution in [0.25, 0.3) is 6.08 Å². The Labute approximate surface area is 145 Å². The minimum Gasteiger partial charge on any atom is -0.497 e. The summed E-state index contributed by atoms with van der Waals surface area (Å²) in [5, 5.41) is 6.26. The number of hydrogen-bond donors (Lipinski definition) is 2. The third-order valence-corrected chi connectivity index (χ3v) is 3.05. The maximum Gasteiger partial charge on any atom is 0.259 e. The van der Waals surface area contributed by atoms with Crippen LogP contribution in [0.2, 0.25) is 0 Å². The van der Waals surface area contributed by atoms with Gasteiger partial charge in [-0.2, -0.15) is 5.10 Å². The van der Waals surface area contributed by atoms with Crippen molar-refractivity contribution in [3.63, 3.8) is 0 Å².